The highest BCUT2D eigenvalue weighted by atomic mass is 33.1. The third kappa shape index (κ3) is 4.07. The summed E-state index contributed by atoms with van der Waals surface area (Å²) < 4.78 is 4.54. The first kappa shape index (κ1) is 20.0. The number of aromatic nitrogens is 2. The van der Waals surface area contributed by atoms with E-state index < -0.39 is 0 Å². The van der Waals surface area contributed by atoms with Gasteiger partial charge in [-0.25, -0.2) is 9.97 Å². The van der Waals surface area contributed by atoms with E-state index in [1.165, 1.54) is 31.7 Å². The molecule has 2 aromatic heterocycles. The Morgan fingerprint density at radius 3 is 1.34 bits per heavy atom. The molecule has 0 aliphatic carbocycles. The number of rotatable bonds is 5. The van der Waals surface area contributed by atoms with Crippen molar-refractivity contribution in [2.75, 3.05) is 0 Å². The largest absolute Gasteiger partial charge is 0.229 e. The molecule has 32 heavy (non-hydrogen) atoms. The van der Waals surface area contributed by atoms with Gasteiger partial charge in [0.05, 0.1) is 20.4 Å². The van der Waals surface area contributed by atoms with Crippen molar-refractivity contribution in [1.29, 1.82) is 0 Å². The second-order valence-corrected chi connectivity index (χ2v) is 11.9. The molecular formula is C26H16N2S4. The smallest absolute Gasteiger partial charge is 0.162 e. The quantitative estimate of drug-likeness (QED) is 0.228. The van der Waals surface area contributed by atoms with Crippen LogP contribution in [0.15, 0.2) is 106 Å². The molecule has 2 nitrogen and oxygen atoms in total. The van der Waals surface area contributed by atoms with Gasteiger partial charge in [0.25, 0.3) is 0 Å². The Labute approximate surface area is 201 Å². The van der Waals surface area contributed by atoms with Crippen LogP contribution in [0.5, 0.6) is 0 Å². The van der Waals surface area contributed by atoms with Crippen molar-refractivity contribution in [3.8, 4) is 22.3 Å². The minimum atomic E-state index is 1.05. The van der Waals surface area contributed by atoms with E-state index in [2.05, 4.69) is 84.9 Å². The van der Waals surface area contributed by atoms with E-state index in [0.29, 0.717) is 0 Å². The molecule has 0 spiro atoms. The summed E-state index contributed by atoms with van der Waals surface area (Å²) in [6.45, 7) is 0. The van der Waals surface area contributed by atoms with Crippen molar-refractivity contribution in [3.63, 3.8) is 0 Å². The van der Waals surface area contributed by atoms with Gasteiger partial charge in [0.1, 0.15) is 0 Å². The van der Waals surface area contributed by atoms with E-state index in [-0.39, 0.29) is 0 Å². The molecule has 2 heterocycles. The lowest BCUT2D eigenvalue weighted by Crippen LogP contribution is -1.76. The molecule has 6 heteroatoms. The zero-order valence-corrected chi connectivity index (χ0v) is 20.0. The van der Waals surface area contributed by atoms with Crippen LogP contribution in [-0.2, 0) is 0 Å². The topological polar surface area (TPSA) is 25.8 Å². The average molecular weight is 485 g/mol. The van der Waals surface area contributed by atoms with Gasteiger partial charge in [-0.2, -0.15) is 0 Å². The number of thiazole rings is 2. The Kier molecular flexibility index (Phi) is 5.45. The van der Waals surface area contributed by atoms with Gasteiger partial charge >= 0.3 is 0 Å². The Balaban J connectivity index is 1.22. The second-order valence-electron chi connectivity index (χ2n) is 7.22. The standard InChI is InChI=1S/C26H16N2S4/c1-3-7-17(8-4-1)19-11-13-21-23(15-19)29-25(27-21)31-32-26-28-22-14-12-20(16-24(22)30-26)18-9-5-2-6-10-18/h1-16H. The predicted molar refractivity (Wildman–Crippen MR) is 142 cm³/mol. The highest BCUT2D eigenvalue weighted by Gasteiger charge is 2.11. The van der Waals surface area contributed by atoms with Crippen LogP contribution in [0, 0.1) is 0 Å². The third-order valence-corrected chi connectivity index (χ3v) is 10.1. The van der Waals surface area contributed by atoms with Crippen LogP contribution >= 0.6 is 44.3 Å². The van der Waals surface area contributed by atoms with Crippen LogP contribution in [0.2, 0.25) is 0 Å². The number of benzene rings is 4. The van der Waals surface area contributed by atoms with Crippen molar-refractivity contribution in [2.24, 2.45) is 0 Å². The minimum absolute atomic E-state index is 1.05. The van der Waals surface area contributed by atoms with Gasteiger partial charge in [-0.3, -0.25) is 0 Å². The predicted octanol–water partition coefficient (Wildman–Crippen LogP) is 9.04. The molecule has 0 aliphatic rings. The summed E-state index contributed by atoms with van der Waals surface area (Å²) in [6.07, 6.45) is 0. The zero-order chi connectivity index (χ0) is 21.3. The molecule has 0 saturated carbocycles. The Morgan fingerprint density at radius 1 is 0.469 bits per heavy atom. The average Bonchev–Trinajstić information content (AvgIpc) is 3.46. The summed E-state index contributed by atoms with van der Waals surface area (Å²) in [5, 5.41) is 0. The first-order valence-corrected chi connectivity index (χ1v) is 13.9. The summed E-state index contributed by atoms with van der Waals surface area (Å²) in [5.74, 6) is 0. The van der Waals surface area contributed by atoms with Crippen LogP contribution in [0.25, 0.3) is 42.7 Å². The lowest BCUT2D eigenvalue weighted by molar-refractivity contribution is 1.31. The summed E-state index contributed by atoms with van der Waals surface area (Å²) in [6, 6.07) is 34.0. The zero-order valence-electron chi connectivity index (χ0n) is 16.8. The molecular weight excluding hydrogens is 469 g/mol. The van der Waals surface area contributed by atoms with Crippen LogP contribution in [0.1, 0.15) is 0 Å². The molecule has 0 fully saturated rings. The number of hydrogen-bond donors (Lipinski definition) is 0. The molecule has 0 amide bonds. The van der Waals surface area contributed by atoms with Gasteiger partial charge in [-0.15, -0.1) is 22.7 Å². The van der Waals surface area contributed by atoms with E-state index >= 15 is 0 Å². The molecule has 0 N–H and O–H groups in total. The first-order chi connectivity index (χ1) is 15.8. The van der Waals surface area contributed by atoms with Gasteiger partial charge in [0.2, 0.25) is 0 Å². The molecule has 0 unspecified atom stereocenters. The lowest BCUT2D eigenvalue weighted by Gasteiger charge is -2.00. The molecule has 6 rings (SSSR count). The minimum Gasteiger partial charge on any atom is -0.229 e. The van der Waals surface area contributed by atoms with Crippen molar-refractivity contribution in [2.45, 2.75) is 8.68 Å². The fraction of sp³-hybridized carbons (Fsp3) is 0. The maximum atomic E-state index is 4.81. The van der Waals surface area contributed by atoms with E-state index in [4.69, 9.17) is 9.97 Å². The maximum absolute atomic E-state index is 4.81. The van der Waals surface area contributed by atoms with Gasteiger partial charge in [-0.1, -0.05) is 72.8 Å². The Hall–Kier alpha value is -2.64. The molecule has 0 atom stereocenters. The molecule has 154 valence electrons. The Bertz CT molecular complexity index is 1400. The number of fused-ring (bicyclic) bond motifs is 2. The van der Waals surface area contributed by atoms with Crippen LogP contribution in [0.4, 0.5) is 0 Å². The van der Waals surface area contributed by atoms with Crippen molar-refractivity contribution in [1.82, 2.24) is 9.97 Å². The normalized spacial score (nSPS) is 11.4. The fourth-order valence-corrected chi connectivity index (χ4v) is 8.14. The maximum Gasteiger partial charge on any atom is 0.162 e. The molecule has 6 aromatic rings. The number of nitrogens with zero attached hydrogens (tertiary/aromatic N) is 2. The molecule has 0 saturated heterocycles. The summed E-state index contributed by atoms with van der Waals surface area (Å²) in [5.41, 5.74) is 7.02. The van der Waals surface area contributed by atoms with Crippen LogP contribution in [0.3, 0.4) is 0 Å². The van der Waals surface area contributed by atoms with Gasteiger partial charge < -0.3 is 0 Å². The van der Waals surface area contributed by atoms with Crippen molar-refractivity contribution >= 4 is 64.7 Å². The lowest BCUT2D eigenvalue weighted by atomic mass is 10.1. The summed E-state index contributed by atoms with van der Waals surface area (Å²) >= 11 is 3.48. The molecule has 0 bridgehead atoms. The van der Waals surface area contributed by atoms with E-state index in [1.54, 1.807) is 44.3 Å². The highest BCUT2D eigenvalue weighted by Crippen LogP contribution is 2.44. The summed E-state index contributed by atoms with van der Waals surface area (Å²) in [7, 11) is 3.38. The van der Waals surface area contributed by atoms with E-state index in [1.807, 2.05) is 12.1 Å². The molecule has 4 aromatic carbocycles. The van der Waals surface area contributed by atoms with Crippen molar-refractivity contribution in [3.05, 3.63) is 97.1 Å². The monoisotopic (exact) mass is 484 g/mol. The third-order valence-electron chi connectivity index (χ3n) is 5.14. The van der Waals surface area contributed by atoms with Crippen LogP contribution in [-0.4, -0.2) is 9.97 Å². The molecule has 0 aliphatic heterocycles. The summed E-state index contributed by atoms with van der Waals surface area (Å²) in [4.78, 5) is 9.62. The van der Waals surface area contributed by atoms with Crippen LogP contribution < -0.4 is 0 Å². The Morgan fingerprint density at radius 2 is 0.906 bits per heavy atom. The van der Waals surface area contributed by atoms with E-state index in [9.17, 15) is 0 Å². The highest BCUT2D eigenvalue weighted by molar-refractivity contribution is 8.77. The SMILES string of the molecule is c1ccc(-c2ccc3nc(SSc4nc5ccc(-c6ccccc6)cc5s4)sc3c2)cc1. The van der Waals surface area contributed by atoms with Crippen molar-refractivity contribution < 1.29 is 0 Å². The first-order valence-electron chi connectivity index (χ1n) is 10.1. The molecule has 0 radical (unpaired) electrons. The second kappa shape index (κ2) is 8.71. The number of hydrogen-bond acceptors (Lipinski definition) is 6. The van der Waals surface area contributed by atoms with E-state index in [0.717, 1.165) is 19.7 Å². The van der Waals surface area contributed by atoms with Gasteiger partial charge in [-0.05, 0) is 68.1 Å². The van der Waals surface area contributed by atoms with Gasteiger partial charge in [0.15, 0.2) is 8.68 Å². The fourth-order valence-electron chi connectivity index (χ4n) is 3.57. The van der Waals surface area contributed by atoms with Gasteiger partial charge in [0, 0.05) is 0 Å².